The summed E-state index contributed by atoms with van der Waals surface area (Å²) in [4.78, 5) is 14.0. The van der Waals surface area contributed by atoms with Crippen LogP contribution in [-0.4, -0.2) is 35.1 Å². The number of ether oxygens (including phenoxy) is 2. The lowest BCUT2D eigenvalue weighted by atomic mass is 9.96. The lowest BCUT2D eigenvalue weighted by Gasteiger charge is -2.12. The molecule has 0 unspecified atom stereocenters. The number of aryl methyl sites for hydroxylation is 2. The Hall–Kier alpha value is -2.91. The molecule has 0 aliphatic heterocycles. The van der Waals surface area contributed by atoms with Crippen molar-refractivity contribution in [3.05, 3.63) is 57.2 Å². The predicted molar refractivity (Wildman–Crippen MR) is 145 cm³/mol. The van der Waals surface area contributed by atoms with Gasteiger partial charge < -0.3 is 20.1 Å². The van der Waals surface area contributed by atoms with Crippen LogP contribution in [0.3, 0.4) is 0 Å². The third-order valence-corrected chi connectivity index (χ3v) is 7.79. The second kappa shape index (κ2) is 11.2. The lowest BCUT2D eigenvalue weighted by molar-refractivity contribution is 0.0601. The van der Waals surface area contributed by atoms with Crippen LogP contribution in [0.1, 0.15) is 63.4 Å². The van der Waals surface area contributed by atoms with Crippen molar-refractivity contribution in [2.45, 2.75) is 58.9 Å². The Morgan fingerprint density at radius 2 is 1.91 bits per heavy atom. The molecule has 0 spiro atoms. The van der Waals surface area contributed by atoms with Crippen molar-refractivity contribution >= 4 is 45.3 Å². The first-order valence-corrected chi connectivity index (χ1v) is 13.1. The fourth-order valence-electron chi connectivity index (χ4n) is 4.55. The van der Waals surface area contributed by atoms with Crippen LogP contribution in [0.5, 0.6) is 5.75 Å². The number of nitrogens with zero attached hydrogens (tertiary/aromatic N) is 2. The fraction of sp³-hybridized carbons (Fsp3) is 0.423. The number of nitrogens with one attached hydrogen (secondary N) is 2. The van der Waals surface area contributed by atoms with Gasteiger partial charge in [-0.25, -0.2) is 4.79 Å². The molecule has 186 valence electrons. The number of rotatable bonds is 6. The average Bonchev–Trinajstić information content (AvgIpc) is 3.29. The van der Waals surface area contributed by atoms with Crippen LogP contribution in [0, 0.1) is 13.8 Å². The maximum atomic E-state index is 12.7. The summed E-state index contributed by atoms with van der Waals surface area (Å²) >= 11 is 7.28. The summed E-state index contributed by atoms with van der Waals surface area (Å²) < 4.78 is 12.4. The number of anilines is 2. The Kier molecular flexibility index (Phi) is 8.07. The highest BCUT2D eigenvalue weighted by molar-refractivity contribution is 7.80. The summed E-state index contributed by atoms with van der Waals surface area (Å²) in [5.74, 6) is 0.506. The maximum Gasteiger partial charge on any atom is 0.341 e. The summed E-state index contributed by atoms with van der Waals surface area (Å²) in [5.41, 5.74) is 5.52. The molecule has 0 saturated heterocycles. The van der Waals surface area contributed by atoms with Gasteiger partial charge in [-0.05, 0) is 75.0 Å². The first-order chi connectivity index (χ1) is 16.9. The monoisotopic (exact) mass is 512 g/mol. The summed E-state index contributed by atoms with van der Waals surface area (Å²) in [6, 6.07) is 7.96. The Morgan fingerprint density at radius 3 is 2.66 bits per heavy atom. The summed E-state index contributed by atoms with van der Waals surface area (Å²) in [6.07, 6.45) is 6.53. The molecule has 4 rings (SSSR count). The van der Waals surface area contributed by atoms with E-state index < -0.39 is 0 Å². The molecule has 2 N–H and O–H groups in total. The van der Waals surface area contributed by atoms with E-state index in [1.807, 2.05) is 36.7 Å². The van der Waals surface area contributed by atoms with Gasteiger partial charge in [0, 0.05) is 4.88 Å². The van der Waals surface area contributed by atoms with Crippen molar-refractivity contribution in [3.63, 3.8) is 0 Å². The van der Waals surface area contributed by atoms with Crippen molar-refractivity contribution in [3.8, 4) is 5.75 Å². The summed E-state index contributed by atoms with van der Waals surface area (Å²) in [6.45, 7) is 4.59. The molecule has 3 aromatic rings. The second-order valence-electron chi connectivity index (χ2n) is 8.75. The predicted octanol–water partition coefficient (Wildman–Crippen LogP) is 5.87. The molecule has 9 heteroatoms. The molecule has 2 heterocycles. The quantitative estimate of drug-likeness (QED) is 0.316. The second-order valence-corrected chi connectivity index (χ2v) is 10.3. The Bertz CT molecular complexity index is 1230. The topological polar surface area (TPSA) is 77.4 Å². The van der Waals surface area contributed by atoms with Crippen LogP contribution in [0.25, 0.3) is 0 Å². The number of fused-ring (bicyclic) bond motifs is 1. The van der Waals surface area contributed by atoms with E-state index in [9.17, 15) is 4.79 Å². The van der Waals surface area contributed by atoms with Crippen molar-refractivity contribution in [1.82, 2.24) is 9.78 Å². The number of aromatic nitrogens is 2. The molecular weight excluding hydrogens is 480 g/mol. The van der Waals surface area contributed by atoms with E-state index in [4.69, 9.17) is 26.8 Å². The zero-order valence-corrected chi connectivity index (χ0v) is 22.3. The lowest BCUT2D eigenvalue weighted by Crippen LogP contribution is -2.21. The molecule has 0 bridgehead atoms. The number of methoxy groups -OCH3 is 2. The third kappa shape index (κ3) is 5.67. The molecule has 2 aromatic heterocycles. The standard InChI is InChI=1S/C26H32N4O3S2/c1-16-23(17(2)30(29-16)15-18-10-9-11-19(14-18)32-3)27-26(34)28-24-22(25(31)33-4)20-12-7-5-6-8-13-21(20)35-24/h9-11,14H,5-8,12-13,15H2,1-4H3,(H2,27,28,34). The van der Waals surface area contributed by atoms with Gasteiger partial charge in [0.25, 0.3) is 0 Å². The molecule has 1 aliphatic carbocycles. The number of thiophene rings is 1. The van der Waals surface area contributed by atoms with Crippen LogP contribution in [-0.2, 0) is 24.1 Å². The van der Waals surface area contributed by atoms with Crippen LogP contribution in [0.2, 0.25) is 0 Å². The zero-order chi connectivity index (χ0) is 24.9. The number of carbonyl (C=O) groups excluding carboxylic acids is 1. The Balaban J connectivity index is 1.54. The molecule has 0 atom stereocenters. The maximum absolute atomic E-state index is 12.7. The van der Waals surface area contributed by atoms with E-state index in [1.54, 1.807) is 18.4 Å². The molecule has 35 heavy (non-hydrogen) atoms. The number of benzene rings is 1. The number of thiocarbonyl (C=S) groups is 1. The normalized spacial score (nSPS) is 13.4. The van der Waals surface area contributed by atoms with E-state index in [1.165, 1.54) is 24.8 Å². The zero-order valence-electron chi connectivity index (χ0n) is 20.7. The average molecular weight is 513 g/mol. The molecule has 7 nitrogen and oxygen atoms in total. The van der Waals surface area contributed by atoms with Crippen molar-refractivity contribution in [2.75, 3.05) is 24.9 Å². The number of carbonyl (C=O) groups is 1. The van der Waals surface area contributed by atoms with Gasteiger partial charge in [0.05, 0.1) is 43.4 Å². The van der Waals surface area contributed by atoms with E-state index in [2.05, 4.69) is 16.7 Å². The van der Waals surface area contributed by atoms with Gasteiger partial charge in [-0.3, -0.25) is 4.68 Å². The van der Waals surface area contributed by atoms with E-state index in [0.29, 0.717) is 17.2 Å². The van der Waals surface area contributed by atoms with Gasteiger partial charge in [-0.1, -0.05) is 25.0 Å². The first-order valence-electron chi connectivity index (χ1n) is 11.9. The third-order valence-electron chi connectivity index (χ3n) is 6.37. The van der Waals surface area contributed by atoms with Crippen LogP contribution < -0.4 is 15.4 Å². The number of hydrogen-bond acceptors (Lipinski definition) is 6. The number of hydrogen-bond donors (Lipinski definition) is 2. The van der Waals surface area contributed by atoms with Gasteiger partial charge in [0.1, 0.15) is 10.8 Å². The fourth-order valence-corrected chi connectivity index (χ4v) is 6.10. The van der Waals surface area contributed by atoms with E-state index in [-0.39, 0.29) is 5.97 Å². The smallest absolute Gasteiger partial charge is 0.341 e. The first kappa shape index (κ1) is 25.2. The minimum absolute atomic E-state index is 0.313. The highest BCUT2D eigenvalue weighted by Crippen LogP contribution is 2.37. The van der Waals surface area contributed by atoms with Crippen molar-refractivity contribution < 1.29 is 14.3 Å². The van der Waals surface area contributed by atoms with Crippen LogP contribution in [0.4, 0.5) is 10.7 Å². The molecular formula is C26H32N4O3S2. The molecule has 1 aliphatic rings. The van der Waals surface area contributed by atoms with E-state index >= 15 is 0 Å². The van der Waals surface area contributed by atoms with E-state index in [0.717, 1.165) is 64.6 Å². The summed E-state index contributed by atoms with van der Waals surface area (Å²) in [7, 11) is 3.09. The van der Waals surface area contributed by atoms with Gasteiger partial charge in [-0.15, -0.1) is 11.3 Å². The van der Waals surface area contributed by atoms with Gasteiger partial charge in [-0.2, -0.15) is 5.10 Å². The summed E-state index contributed by atoms with van der Waals surface area (Å²) in [5, 5.41) is 12.5. The molecule has 0 amide bonds. The SMILES string of the molecule is COC(=O)c1c(NC(=S)Nc2c(C)nn(Cc3cccc(OC)c3)c2C)sc2c1CCCCCC2. The van der Waals surface area contributed by atoms with Crippen LogP contribution in [0.15, 0.2) is 24.3 Å². The van der Waals surface area contributed by atoms with Gasteiger partial charge in [0.15, 0.2) is 5.11 Å². The van der Waals surface area contributed by atoms with Crippen molar-refractivity contribution in [1.29, 1.82) is 0 Å². The minimum atomic E-state index is -0.313. The van der Waals surface area contributed by atoms with Crippen molar-refractivity contribution in [2.24, 2.45) is 0 Å². The molecule has 0 fully saturated rings. The largest absolute Gasteiger partial charge is 0.497 e. The number of esters is 1. The Morgan fingerprint density at radius 1 is 1.14 bits per heavy atom. The highest BCUT2D eigenvalue weighted by Gasteiger charge is 2.25. The van der Waals surface area contributed by atoms with Gasteiger partial charge in [0.2, 0.25) is 0 Å². The van der Waals surface area contributed by atoms with Crippen LogP contribution >= 0.6 is 23.6 Å². The molecule has 1 aromatic carbocycles. The Labute approximate surface area is 215 Å². The minimum Gasteiger partial charge on any atom is -0.497 e. The molecule has 0 radical (unpaired) electrons. The van der Waals surface area contributed by atoms with Gasteiger partial charge >= 0.3 is 5.97 Å². The highest BCUT2D eigenvalue weighted by atomic mass is 32.1. The molecule has 0 saturated carbocycles.